The van der Waals surface area contributed by atoms with Crippen molar-refractivity contribution >= 4 is 21.9 Å². The third-order valence-corrected chi connectivity index (χ3v) is 5.24. The number of hydrogen-bond acceptors (Lipinski definition) is 4. The number of hydrogen-bond donors (Lipinski definition) is 1. The van der Waals surface area contributed by atoms with Gasteiger partial charge in [-0.2, -0.15) is 0 Å². The third-order valence-electron chi connectivity index (χ3n) is 3.12. The van der Waals surface area contributed by atoms with Crippen molar-refractivity contribution in [2.45, 2.75) is 12.2 Å². The second-order valence-corrected chi connectivity index (χ2v) is 6.71. The van der Waals surface area contributed by atoms with Crippen LogP contribution in [-0.4, -0.2) is 67.5 Å². The maximum atomic E-state index is 11.8. The van der Waals surface area contributed by atoms with Gasteiger partial charge >= 0.3 is 12.1 Å². The summed E-state index contributed by atoms with van der Waals surface area (Å²) in [7, 11) is -3.08. The first kappa shape index (κ1) is 12.2. The Hall–Kier alpha value is -1.31. The van der Waals surface area contributed by atoms with E-state index in [0.29, 0.717) is 13.1 Å². The van der Waals surface area contributed by atoms with E-state index in [1.54, 1.807) is 6.92 Å². The van der Waals surface area contributed by atoms with Crippen molar-refractivity contribution in [3.05, 3.63) is 0 Å². The third kappa shape index (κ3) is 2.08. The van der Waals surface area contributed by atoms with E-state index < -0.39 is 27.1 Å². The topological polar surface area (TPSA) is 86.8 Å². The Bertz CT molecular complexity index is 441. The van der Waals surface area contributed by atoms with Gasteiger partial charge in [-0.15, -0.1) is 0 Å². The van der Waals surface area contributed by atoms with E-state index in [-0.39, 0.29) is 18.8 Å². The molecular formula is C9H15N3O4S. The summed E-state index contributed by atoms with van der Waals surface area (Å²) in [6.07, 6.45) is 0. The van der Waals surface area contributed by atoms with Gasteiger partial charge in [-0.25, -0.2) is 22.9 Å². The zero-order valence-electron chi connectivity index (χ0n) is 9.55. The molecule has 0 spiro atoms. The maximum absolute atomic E-state index is 11.8. The van der Waals surface area contributed by atoms with Gasteiger partial charge in [0.2, 0.25) is 0 Å². The van der Waals surface area contributed by atoms with Gasteiger partial charge in [0.25, 0.3) is 0 Å². The lowest BCUT2D eigenvalue weighted by atomic mass is 10.2. The molecule has 8 heteroatoms. The fraction of sp³-hybridized carbons (Fsp3) is 0.778. The van der Waals surface area contributed by atoms with Crippen LogP contribution < -0.4 is 5.32 Å². The average Bonchev–Trinajstić information content (AvgIpc) is 2.61. The van der Waals surface area contributed by atoms with Crippen LogP contribution in [0, 0.1) is 0 Å². The number of sulfone groups is 1. The Morgan fingerprint density at radius 3 is 2.59 bits per heavy atom. The Labute approximate surface area is 99.7 Å². The molecule has 2 fully saturated rings. The molecule has 0 aliphatic carbocycles. The standard InChI is InChI=1S/C9H15N3O4S/c1-2-17(15,16)7-5-11(6-7)9(14)12-4-3-10-8(12)13/h7H,2-6H2,1H3,(H,10,13). The molecule has 2 rings (SSSR count). The number of imide groups is 1. The van der Waals surface area contributed by atoms with E-state index in [1.165, 1.54) is 4.90 Å². The first-order valence-electron chi connectivity index (χ1n) is 5.51. The van der Waals surface area contributed by atoms with Gasteiger partial charge in [-0.1, -0.05) is 6.92 Å². The highest BCUT2D eigenvalue weighted by Crippen LogP contribution is 2.19. The van der Waals surface area contributed by atoms with Gasteiger partial charge in [0.05, 0.1) is 5.25 Å². The highest BCUT2D eigenvalue weighted by Gasteiger charge is 2.42. The molecule has 0 bridgehead atoms. The van der Waals surface area contributed by atoms with Gasteiger partial charge in [0.15, 0.2) is 9.84 Å². The van der Waals surface area contributed by atoms with Crippen molar-refractivity contribution in [1.29, 1.82) is 0 Å². The summed E-state index contributed by atoms with van der Waals surface area (Å²) in [4.78, 5) is 25.5. The normalized spacial score (nSPS) is 21.4. The summed E-state index contributed by atoms with van der Waals surface area (Å²) in [5.74, 6) is 0.0872. The van der Waals surface area contributed by atoms with Crippen LogP contribution in [0.5, 0.6) is 0 Å². The second kappa shape index (κ2) is 4.17. The Morgan fingerprint density at radius 1 is 1.47 bits per heavy atom. The van der Waals surface area contributed by atoms with E-state index in [1.807, 2.05) is 0 Å². The van der Waals surface area contributed by atoms with Gasteiger partial charge in [-0.3, -0.25) is 0 Å². The molecule has 7 nitrogen and oxygen atoms in total. The van der Waals surface area contributed by atoms with Gasteiger partial charge in [0, 0.05) is 31.9 Å². The minimum atomic E-state index is -3.08. The molecule has 0 aromatic rings. The quantitative estimate of drug-likeness (QED) is 0.708. The molecule has 0 atom stereocenters. The second-order valence-electron chi connectivity index (χ2n) is 4.14. The Morgan fingerprint density at radius 2 is 2.12 bits per heavy atom. The molecular weight excluding hydrogens is 246 g/mol. The molecule has 1 N–H and O–H groups in total. The number of nitrogens with one attached hydrogen (secondary N) is 1. The van der Waals surface area contributed by atoms with Crippen molar-refractivity contribution in [3.63, 3.8) is 0 Å². The number of amides is 4. The van der Waals surface area contributed by atoms with Crippen molar-refractivity contribution in [2.24, 2.45) is 0 Å². The first-order chi connectivity index (χ1) is 7.95. The van der Waals surface area contributed by atoms with Crippen LogP contribution in [0.1, 0.15) is 6.92 Å². The highest BCUT2D eigenvalue weighted by molar-refractivity contribution is 7.92. The fourth-order valence-corrected chi connectivity index (χ4v) is 3.17. The lowest BCUT2D eigenvalue weighted by Crippen LogP contribution is -2.60. The summed E-state index contributed by atoms with van der Waals surface area (Å²) in [5.41, 5.74) is 0. The minimum Gasteiger partial charge on any atom is -0.336 e. The molecule has 0 radical (unpaired) electrons. The number of urea groups is 2. The number of nitrogens with zero attached hydrogens (tertiary/aromatic N) is 2. The van der Waals surface area contributed by atoms with Crippen LogP contribution in [-0.2, 0) is 9.84 Å². The summed E-state index contributed by atoms with van der Waals surface area (Å²) in [6.45, 7) is 2.78. The predicted molar refractivity (Wildman–Crippen MR) is 60.3 cm³/mol. The lowest BCUT2D eigenvalue weighted by molar-refractivity contribution is 0.140. The van der Waals surface area contributed by atoms with Crippen molar-refractivity contribution in [2.75, 3.05) is 31.9 Å². The van der Waals surface area contributed by atoms with Crippen LogP contribution in [0.15, 0.2) is 0 Å². The van der Waals surface area contributed by atoms with Gasteiger partial charge < -0.3 is 10.2 Å². The monoisotopic (exact) mass is 261 g/mol. The summed E-state index contributed by atoms with van der Waals surface area (Å²) < 4.78 is 23.0. The molecule has 2 aliphatic heterocycles. The molecule has 0 unspecified atom stereocenters. The summed E-state index contributed by atoms with van der Waals surface area (Å²) >= 11 is 0. The number of likely N-dealkylation sites (tertiary alicyclic amines) is 1. The van der Waals surface area contributed by atoms with E-state index in [0.717, 1.165) is 4.90 Å². The zero-order valence-corrected chi connectivity index (χ0v) is 10.4. The first-order valence-corrected chi connectivity index (χ1v) is 7.23. The SMILES string of the molecule is CCS(=O)(=O)C1CN(C(=O)N2CCNC2=O)C1. The van der Waals surface area contributed by atoms with Crippen LogP contribution in [0.25, 0.3) is 0 Å². The zero-order chi connectivity index (χ0) is 12.6. The summed E-state index contributed by atoms with van der Waals surface area (Å²) in [5, 5.41) is 2.06. The molecule has 96 valence electrons. The van der Waals surface area contributed by atoms with Gasteiger partial charge in [0.1, 0.15) is 0 Å². The molecule has 0 aromatic carbocycles. The number of carbonyl (C=O) groups is 2. The minimum absolute atomic E-state index is 0.0872. The molecule has 0 saturated carbocycles. The van der Waals surface area contributed by atoms with E-state index in [9.17, 15) is 18.0 Å². The number of rotatable bonds is 2. The summed E-state index contributed by atoms with van der Waals surface area (Å²) in [6, 6.07) is -0.806. The predicted octanol–water partition coefficient (Wildman–Crippen LogP) is -0.749. The molecule has 0 aromatic heterocycles. The molecule has 2 heterocycles. The smallest absolute Gasteiger partial charge is 0.328 e. The molecule has 17 heavy (non-hydrogen) atoms. The van der Waals surface area contributed by atoms with E-state index in [2.05, 4.69) is 5.32 Å². The van der Waals surface area contributed by atoms with Crippen LogP contribution in [0.4, 0.5) is 9.59 Å². The van der Waals surface area contributed by atoms with E-state index >= 15 is 0 Å². The molecule has 2 saturated heterocycles. The van der Waals surface area contributed by atoms with Crippen LogP contribution in [0.3, 0.4) is 0 Å². The highest BCUT2D eigenvalue weighted by atomic mass is 32.2. The Kier molecular flexibility index (Phi) is 2.98. The fourth-order valence-electron chi connectivity index (χ4n) is 1.88. The van der Waals surface area contributed by atoms with Crippen molar-refractivity contribution < 1.29 is 18.0 Å². The lowest BCUT2D eigenvalue weighted by Gasteiger charge is -2.39. The number of carbonyl (C=O) groups excluding carboxylic acids is 2. The van der Waals surface area contributed by atoms with Crippen molar-refractivity contribution in [3.8, 4) is 0 Å². The van der Waals surface area contributed by atoms with Crippen molar-refractivity contribution in [1.82, 2.24) is 15.1 Å². The molecule has 2 aliphatic rings. The largest absolute Gasteiger partial charge is 0.336 e. The average molecular weight is 261 g/mol. The van der Waals surface area contributed by atoms with Crippen LogP contribution >= 0.6 is 0 Å². The van der Waals surface area contributed by atoms with Crippen LogP contribution in [0.2, 0.25) is 0 Å². The Balaban J connectivity index is 1.92. The van der Waals surface area contributed by atoms with E-state index in [4.69, 9.17) is 0 Å². The molecule has 4 amide bonds. The maximum Gasteiger partial charge on any atom is 0.328 e. The van der Waals surface area contributed by atoms with Gasteiger partial charge in [-0.05, 0) is 0 Å².